The molecule has 162 valence electrons. The molecular weight excluding hydrogens is 407 g/mol. The lowest BCUT2D eigenvalue weighted by Crippen LogP contribution is -2.51. The van der Waals surface area contributed by atoms with Crippen molar-refractivity contribution in [3.8, 4) is 5.75 Å². The van der Waals surface area contributed by atoms with Crippen molar-refractivity contribution in [3.05, 3.63) is 64.9 Å². The lowest BCUT2D eigenvalue weighted by Gasteiger charge is -2.31. The van der Waals surface area contributed by atoms with Crippen molar-refractivity contribution >= 4 is 23.4 Å². The Bertz CT molecular complexity index is 827. The van der Waals surface area contributed by atoms with Crippen LogP contribution in [0.1, 0.15) is 39.2 Å². The average molecular weight is 435 g/mol. The second-order valence-electron chi connectivity index (χ2n) is 7.13. The Morgan fingerprint density at radius 3 is 2.27 bits per heavy atom. The SMILES string of the molecule is CCC(C)NC(=O)C(CC)N(Cc1ccc(F)cc1)C(=O)COc1ccc(Cl)cc1. The van der Waals surface area contributed by atoms with Crippen LogP contribution in [0, 0.1) is 5.82 Å². The third-order valence-corrected chi connectivity index (χ3v) is 5.08. The van der Waals surface area contributed by atoms with Gasteiger partial charge in [-0.2, -0.15) is 0 Å². The van der Waals surface area contributed by atoms with Gasteiger partial charge in [-0.15, -0.1) is 0 Å². The van der Waals surface area contributed by atoms with E-state index >= 15 is 0 Å². The van der Waals surface area contributed by atoms with Gasteiger partial charge < -0.3 is 15.0 Å². The maximum Gasteiger partial charge on any atom is 0.261 e. The zero-order chi connectivity index (χ0) is 22.1. The molecule has 0 saturated carbocycles. The summed E-state index contributed by atoms with van der Waals surface area (Å²) in [6.45, 7) is 5.70. The fraction of sp³-hybridized carbons (Fsp3) is 0.391. The molecule has 0 fully saturated rings. The predicted octanol–water partition coefficient (Wildman–Crippen LogP) is 4.58. The van der Waals surface area contributed by atoms with Crippen LogP contribution in [-0.4, -0.2) is 35.4 Å². The Labute approximate surface area is 182 Å². The van der Waals surface area contributed by atoms with Gasteiger partial charge in [0.1, 0.15) is 17.6 Å². The van der Waals surface area contributed by atoms with Crippen molar-refractivity contribution in [2.45, 2.75) is 52.2 Å². The van der Waals surface area contributed by atoms with E-state index in [2.05, 4.69) is 5.32 Å². The third kappa shape index (κ3) is 7.02. The Hall–Kier alpha value is -2.60. The maximum atomic E-state index is 13.3. The highest BCUT2D eigenvalue weighted by Crippen LogP contribution is 2.17. The zero-order valence-corrected chi connectivity index (χ0v) is 18.3. The smallest absolute Gasteiger partial charge is 0.261 e. The molecule has 0 aromatic heterocycles. The fourth-order valence-electron chi connectivity index (χ4n) is 2.91. The van der Waals surface area contributed by atoms with Crippen LogP contribution in [0.4, 0.5) is 4.39 Å². The number of amides is 2. The minimum atomic E-state index is -0.662. The largest absolute Gasteiger partial charge is 0.484 e. The first kappa shape index (κ1) is 23.7. The number of hydrogen-bond acceptors (Lipinski definition) is 3. The Balaban J connectivity index is 2.19. The number of benzene rings is 2. The lowest BCUT2D eigenvalue weighted by atomic mass is 10.1. The molecule has 1 N–H and O–H groups in total. The molecule has 0 bridgehead atoms. The molecule has 2 amide bonds. The molecule has 2 aromatic carbocycles. The van der Waals surface area contributed by atoms with E-state index in [1.807, 2.05) is 20.8 Å². The predicted molar refractivity (Wildman–Crippen MR) is 116 cm³/mol. The first-order chi connectivity index (χ1) is 14.3. The number of halogens is 2. The molecule has 0 spiro atoms. The van der Waals surface area contributed by atoms with Crippen LogP contribution < -0.4 is 10.1 Å². The number of carbonyl (C=O) groups excluding carboxylic acids is 2. The third-order valence-electron chi connectivity index (χ3n) is 4.83. The van der Waals surface area contributed by atoms with Gasteiger partial charge in [-0.1, -0.05) is 37.6 Å². The lowest BCUT2D eigenvalue weighted by molar-refractivity contribution is -0.143. The van der Waals surface area contributed by atoms with E-state index in [4.69, 9.17) is 16.3 Å². The normalized spacial score (nSPS) is 12.7. The summed E-state index contributed by atoms with van der Waals surface area (Å²) in [5.41, 5.74) is 0.728. The van der Waals surface area contributed by atoms with E-state index in [1.54, 1.807) is 36.4 Å². The molecule has 0 aliphatic rings. The summed E-state index contributed by atoms with van der Waals surface area (Å²) < 4.78 is 18.9. The molecule has 0 heterocycles. The Morgan fingerprint density at radius 2 is 1.70 bits per heavy atom. The first-order valence-electron chi connectivity index (χ1n) is 10.1. The number of hydrogen-bond donors (Lipinski definition) is 1. The topological polar surface area (TPSA) is 58.6 Å². The average Bonchev–Trinajstić information content (AvgIpc) is 2.74. The van der Waals surface area contributed by atoms with Crippen molar-refractivity contribution in [3.63, 3.8) is 0 Å². The molecular formula is C23H28ClFN2O3. The minimum Gasteiger partial charge on any atom is -0.484 e. The van der Waals surface area contributed by atoms with Crippen LogP contribution in [0.25, 0.3) is 0 Å². The second-order valence-corrected chi connectivity index (χ2v) is 7.57. The summed E-state index contributed by atoms with van der Waals surface area (Å²) in [7, 11) is 0. The van der Waals surface area contributed by atoms with Crippen LogP contribution in [0.15, 0.2) is 48.5 Å². The Morgan fingerprint density at radius 1 is 1.07 bits per heavy atom. The highest BCUT2D eigenvalue weighted by molar-refractivity contribution is 6.30. The molecule has 0 aliphatic carbocycles. The quantitative estimate of drug-likeness (QED) is 0.595. The van der Waals surface area contributed by atoms with E-state index in [0.717, 1.165) is 12.0 Å². The zero-order valence-electron chi connectivity index (χ0n) is 17.5. The summed E-state index contributed by atoms with van der Waals surface area (Å²) in [6, 6.07) is 11.9. The summed E-state index contributed by atoms with van der Waals surface area (Å²) in [5.74, 6) is -0.398. The van der Waals surface area contributed by atoms with E-state index in [-0.39, 0.29) is 36.8 Å². The second kappa shape index (κ2) is 11.6. The summed E-state index contributed by atoms with van der Waals surface area (Å²) in [6.07, 6.45) is 1.23. The van der Waals surface area contributed by atoms with E-state index < -0.39 is 6.04 Å². The monoisotopic (exact) mass is 434 g/mol. The van der Waals surface area contributed by atoms with Crippen LogP contribution in [-0.2, 0) is 16.1 Å². The number of carbonyl (C=O) groups is 2. The van der Waals surface area contributed by atoms with Gasteiger partial charge >= 0.3 is 0 Å². The summed E-state index contributed by atoms with van der Waals surface area (Å²) in [5, 5.41) is 3.51. The number of nitrogens with zero attached hydrogens (tertiary/aromatic N) is 1. The summed E-state index contributed by atoms with van der Waals surface area (Å²) >= 11 is 5.87. The summed E-state index contributed by atoms with van der Waals surface area (Å²) in [4.78, 5) is 27.3. The van der Waals surface area contributed by atoms with Gasteiger partial charge in [0.15, 0.2) is 6.61 Å². The molecule has 2 aromatic rings. The molecule has 0 aliphatic heterocycles. The van der Waals surface area contributed by atoms with Gasteiger partial charge in [-0.25, -0.2) is 4.39 Å². The van der Waals surface area contributed by atoms with E-state index in [0.29, 0.717) is 17.2 Å². The van der Waals surface area contributed by atoms with Crippen LogP contribution in [0.5, 0.6) is 5.75 Å². The van der Waals surface area contributed by atoms with Crippen molar-refractivity contribution in [1.82, 2.24) is 10.2 Å². The molecule has 7 heteroatoms. The van der Waals surface area contributed by atoms with Crippen molar-refractivity contribution in [1.29, 1.82) is 0 Å². The van der Waals surface area contributed by atoms with Gasteiger partial charge in [0, 0.05) is 17.6 Å². The van der Waals surface area contributed by atoms with Crippen molar-refractivity contribution < 1.29 is 18.7 Å². The van der Waals surface area contributed by atoms with Gasteiger partial charge in [0.2, 0.25) is 5.91 Å². The van der Waals surface area contributed by atoms with Gasteiger partial charge in [-0.05, 0) is 61.7 Å². The van der Waals surface area contributed by atoms with E-state index in [1.165, 1.54) is 17.0 Å². The molecule has 5 nitrogen and oxygen atoms in total. The molecule has 30 heavy (non-hydrogen) atoms. The van der Waals surface area contributed by atoms with Gasteiger partial charge in [0.05, 0.1) is 0 Å². The number of rotatable bonds is 10. The van der Waals surface area contributed by atoms with Gasteiger partial charge in [0.25, 0.3) is 5.91 Å². The molecule has 2 rings (SSSR count). The first-order valence-corrected chi connectivity index (χ1v) is 10.4. The maximum absolute atomic E-state index is 13.3. The van der Waals surface area contributed by atoms with Crippen molar-refractivity contribution in [2.24, 2.45) is 0 Å². The molecule has 0 radical (unpaired) electrons. The van der Waals surface area contributed by atoms with Crippen LogP contribution in [0.3, 0.4) is 0 Å². The Kier molecular flexibility index (Phi) is 9.12. The van der Waals surface area contributed by atoms with Crippen molar-refractivity contribution in [2.75, 3.05) is 6.61 Å². The fourth-order valence-corrected chi connectivity index (χ4v) is 3.03. The molecule has 0 saturated heterocycles. The number of ether oxygens (including phenoxy) is 1. The standard InChI is InChI=1S/C23H28ClFN2O3/c1-4-16(3)26-23(29)21(5-2)27(14-17-6-10-19(25)11-7-17)22(28)15-30-20-12-8-18(24)9-13-20/h6-13,16,21H,4-5,14-15H2,1-3H3,(H,26,29). The highest BCUT2D eigenvalue weighted by atomic mass is 35.5. The van der Waals surface area contributed by atoms with Crippen LogP contribution in [0.2, 0.25) is 5.02 Å². The van der Waals surface area contributed by atoms with Gasteiger partial charge in [-0.3, -0.25) is 9.59 Å². The molecule has 2 atom stereocenters. The highest BCUT2D eigenvalue weighted by Gasteiger charge is 2.29. The van der Waals surface area contributed by atoms with Crippen LogP contribution >= 0.6 is 11.6 Å². The molecule has 2 unspecified atom stereocenters. The number of nitrogens with one attached hydrogen (secondary N) is 1. The minimum absolute atomic E-state index is 0.000333. The van der Waals surface area contributed by atoms with E-state index in [9.17, 15) is 14.0 Å².